The lowest BCUT2D eigenvalue weighted by Crippen LogP contribution is -2.55. The monoisotopic (exact) mass is 478 g/mol. The Hall–Kier alpha value is -3.90. The minimum Gasteiger partial charge on any atom is -0.461 e. The number of esters is 1. The number of carbonyl (C=O) groups is 3. The molecular formula is C26H30N4O5. The van der Waals surface area contributed by atoms with E-state index in [2.05, 4.69) is 10.6 Å². The Morgan fingerprint density at radius 2 is 1.60 bits per heavy atom. The lowest BCUT2D eigenvalue weighted by Gasteiger charge is -2.29. The Balaban J connectivity index is 1.54. The molecule has 0 unspecified atom stereocenters. The predicted molar refractivity (Wildman–Crippen MR) is 128 cm³/mol. The standard InChI is InChI=1S/C26H30N4O5/c27-18-22(11-12-24(31)35-19-21-9-5-2-6-10-21)28-25(32)23(17-20-7-3-1-4-8-20)29-26(33)30-13-15-34-16-14-30/h1-10,22-23H,11-17,19H2,(H,28,32)(H,29,33)/t22-,23-/m0/s1. The van der Waals surface area contributed by atoms with E-state index in [0.29, 0.717) is 26.3 Å². The average Bonchev–Trinajstić information content (AvgIpc) is 2.91. The summed E-state index contributed by atoms with van der Waals surface area (Å²) in [6.45, 7) is 1.92. The lowest BCUT2D eigenvalue weighted by atomic mass is 10.0. The number of benzene rings is 2. The first-order valence-corrected chi connectivity index (χ1v) is 11.6. The second-order valence-corrected chi connectivity index (χ2v) is 8.17. The molecule has 1 heterocycles. The summed E-state index contributed by atoms with van der Waals surface area (Å²) in [6, 6.07) is 18.5. The zero-order valence-electron chi connectivity index (χ0n) is 19.5. The van der Waals surface area contributed by atoms with Crippen LogP contribution < -0.4 is 10.6 Å². The van der Waals surface area contributed by atoms with Crippen molar-refractivity contribution in [3.05, 3.63) is 71.8 Å². The third-order valence-electron chi connectivity index (χ3n) is 5.55. The van der Waals surface area contributed by atoms with Gasteiger partial charge in [0.05, 0.1) is 19.3 Å². The Morgan fingerprint density at radius 3 is 2.23 bits per heavy atom. The highest BCUT2D eigenvalue weighted by Gasteiger charge is 2.27. The third kappa shape index (κ3) is 8.76. The van der Waals surface area contributed by atoms with E-state index in [0.717, 1.165) is 11.1 Å². The molecule has 0 aliphatic carbocycles. The molecule has 0 radical (unpaired) electrons. The van der Waals surface area contributed by atoms with Crippen molar-refractivity contribution in [2.75, 3.05) is 26.3 Å². The van der Waals surface area contributed by atoms with Gasteiger partial charge in [-0.05, 0) is 17.5 Å². The van der Waals surface area contributed by atoms with Crippen LogP contribution in [0.5, 0.6) is 0 Å². The zero-order chi connectivity index (χ0) is 24.9. The van der Waals surface area contributed by atoms with E-state index in [-0.39, 0.29) is 31.9 Å². The molecule has 0 saturated carbocycles. The van der Waals surface area contributed by atoms with Gasteiger partial charge in [0.15, 0.2) is 0 Å². The SMILES string of the molecule is N#C[C@H](CCC(=O)OCc1ccccc1)NC(=O)[C@H](Cc1ccccc1)NC(=O)N1CCOCC1. The topological polar surface area (TPSA) is 121 Å². The van der Waals surface area contributed by atoms with Crippen molar-refractivity contribution < 1.29 is 23.9 Å². The maximum absolute atomic E-state index is 13.1. The summed E-state index contributed by atoms with van der Waals surface area (Å²) in [5.41, 5.74) is 1.73. The highest BCUT2D eigenvalue weighted by atomic mass is 16.5. The number of morpholine rings is 1. The molecule has 184 valence electrons. The number of hydrogen-bond acceptors (Lipinski definition) is 6. The Kier molecular flexibility index (Phi) is 10.1. The summed E-state index contributed by atoms with van der Waals surface area (Å²) in [5.74, 6) is -0.940. The fourth-order valence-electron chi connectivity index (χ4n) is 3.58. The number of urea groups is 1. The molecule has 1 aliphatic rings. The summed E-state index contributed by atoms with van der Waals surface area (Å²) in [4.78, 5) is 39.5. The van der Waals surface area contributed by atoms with Gasteiger partial charge in [0.1, 0.15) is 18.7 Å². The van der Waals surface area contributed by atoms with Crippen molar-refractivity contribution in [2.45, 2.75) is 38.0 Å². The van der Waals surface area contributed by atoms with E-state index in [4.69, 9.17) is 9.47 Å². The number of nitrogens with one attached hydrogen (secondary N) is 2. The fourth-order valence-corrected chi connectivity index (χ4v) is 3.58. The average molecular weight is 479 g/mol. The van der Waals surface area contributed by atoms with Gasteiger partial charge in [-0.15, -0.1) is 0 Å². The second kappa shape index (κ2) is 13.7. The molecule has 2 atom stereocenters. The molecule has 9 heteroatoms. The molecule has 9 nitrogen and oxygen atoms in total. The fraction of sp³-hybridized carbons (Fsp3) is 0.385. The van der Waals surface area contributed by atoms with Crippen LogP contribution in [-0.4, -0.2) is 61.2 Å². The first-order chi connectivity index (χ1) is 17.0. The normalized spacial score (nSPS) is 14.8. The summed E-state index contributed by atoms with van der Waals surface area (Å²) in [6.07, 6.45) is 0.347. The van der Waals surface area contributed by atoms with Crippen LogP contribution in [0.3, 0.4) is 0 Å². The van der Waals surface area contributed by atoms with Crippen LogP contribution in [0, 0.1) is 11.3 Å². The summed E-state index contributed by atoms with van der Waals surface area (Å²) in [5, 5.41) is 15.0. The molecule has 3 rings (SSSR count). The van der Waals surface area contributed by atoms with Crippen LogP contribution in [0.1, 0.15) is 24.0 Å². The van der Waals surface area contributed by atoms with Crippen LogP contribution >= 0.6 is 0 Å². The number of carbonyl (C=O) groups excluding carboxylic acids is 3. The van der Waals surface area contributed by atoms with Gasteiger partial charge in [0.2, 0.25) is 5.91 Å². The van der Waals surface area contributed by atoms with Crippen LogP contribution in [0.25, 0.3) is 0 Å². The molecule has 3 amide bonds. The highest BCUT2D eigenvalue weighted by Crippen LogP contribution is 2.08. The van der Waals surface area contributed by atoms with Gasteiger partial charge < -0.3 is 25.0 Å². The molecular weight excluding hydrogens is 448 g/mol. The smallest absolute Gasteiger partial charge is 0.318 e. The lowest BCUT2D eigenvalue weighted by molar-refractivity contribution is -0.145. The van der Waals surface area contributed by atoms with Gasteiger partial charge in [0.25, 0.3) is 0 Å². The Bertz CT molecular complexity index is 1000. The molecule has 35 heavy (non-hydrogen) atoms. The van der Waals surface area contributed by atoms with Crippen LogP contribution in [0.2, 0.25) is 0 Å². The minimum atomic E-state index is -0.898. The number of amides is 3. The van der Waals surface area contributed by atoms with Crippen molar-refractivity contribution in [3.63, 3.8) is 0 Å². The van der Waals surface area contributed by atoms with E-state index >= 15 is 0 Å². The number of rotatable bonds is 10. The van der Waals surface area contributed by atoms with E-state index in [1.54, 1.807) is 4.90 Å². The predicted octanol–water partition coefficient (Wildman–Crippen LogP) is 2.17. The molecule has 0 bridgehead atoms. The number of nitrogens with zero attached hydrogens (tertiary/aromatic N) is 2. The van der Waals surface area contributed by atoms with Crippen molar-refractivity contribution in [2.24, 2.45) is 0 Å². The maximum atomic E-state index is 13.1. The van der Waals surface area contributed by atoms with Crippen LogP contribution in [0.15, 0.2) is 60.7 Å². The Labute approximate surface area is 205 Å². The molecule has 1 aliphatic heterocycles. The molecule has 0 aromatic heterocycles. The van der Waals surface area contributed by atoms with Gasteiger partial charge in [-0.1, -0.05) is 60.7 Å². The number of ether oxygens (including phenoxy) is 2. The van der Waals surface area contributed by atoms with Gasteiger partial charge in [-0.3, -0.25) is 9.59 Å². The highest BCUT2D eigenvalue weighted by molar-refractivity contribution is 5.87. The zero-order valence-corrected chi connectivity index (χ0v) is 19.5. The van der Waals surface area contributed by atoms with Gasteiger partial charge >= 0.3 is 12.0 Å². The molecule has 0 spiro atoms. The van der Waals surface area contributed by atoms with Gasteiger partial charge in [-0.2, -0.15) is 5.26 Å². The number of nitriles is 1. The molecule has 2 aromatic rings. The third-order valence-corrected chi connectivity index (χ3v) is 5.55. The van der Waals surface area contributed by atoms with E-state index in [9.17, 15) is 19.6 Å². The van der Waals surface area contributed by atoms with E-state index in [1.165, 1.54) is 0 Å². The Morgan fingerprint density at radius 1 is 0.971 bits per heavy atom. The first kappa shape index (κ1) is 25.7. The number of hydrogen-bond donors (Lipinski definition) is 2. The van der Waals surface area contributed by atoms with Crippen LogP contribution in [0.4, 0.5) is 4.79 Å². The summed E-state index contributed by atoms with van der Waals surface area (Å²) >= 11 is 0. The quantitative estimate of drug-likeness (QED) is 0.505. The van der Waals surface area contributed by atoms with Crippen molar-refractivity contribution in [1.29, 1.82) is 5.26 Å². The summed E-state index contributed by atoms with van der Waals surface area (Å²) in [7, 11) is 0. The van der Waals surface area contributed by atoms with E-state index < -0.39 is 24.0 Å². The first-order valence-electron chi connectivity index (χ1n) is 11.6. The van der Waals surface area contributed by atoms with E-state index in [1.807, 2.05) is 66.7 Å². The van der Waals surface area contributed by atoms with Crippen molar-refractivity contribution in [3.8, 4) is 6.07 Å². The van der Waals surface area contributed by atoms with Crippen LogP contribution in [-0.2, 0) is 32.1 Å². The maximum Gasteiger partial charge on any atom is 0.318 e. The minimum absolute atomic E-state index is 0.0190. The molecule has 1 saturated heterocycles. The molecule has 1 fully saturated rings. The van der Waals surface area contributed by atoms with Gasteiger partial charge in [0, 0.05) is 25.9 Å². The van der Waals surface area contributed by atoms with Gasteiger partial charge in [-0.25, -0.2) is 4.79 Å². The van der Waals surface area contributed by atoms with Crippen molar-refractivity contribution >= 4 is 17.9 Å². The van der Waals surface area contributed by atoms with Crippen molar-refractivity contribution in [1.82, 2.24) is 15.5 Å². The molecule has 2 N–H and O–H groups in total. The second-order valence-electron chi connectivity index (χ2n) is 8.17. The largest absolute Gasteiger partial charge is 0.461 e. The molecule has 2 aromatic carbocycles. The summed E-state index contributed by atoms with van der Waals surface area (Å²) < 4.78 is 10.5.